The normalized spacial score (nSPS) is 49.9. The first kappa shape index (κ1) is 19.8. The summed E-state index contributed by atoms with van der Waals surface area (Å²) in [5, 5.41) is 11.4. The third-order valence-electron chi connectivity index (χ3n) is 10.6. The number of ketones is 2. The van der Waals surface area contributed by atoms with Gasteiger partial charge in [-0.3, -0.25) is 9.59 Å². The van der Waals surface area contributed by atoms with Crippen molar-refractivity contribution in [3.05, 3.63) is 35.5 Å². The average Bonchev–Trinajstić information content (AvgIpc) is 3.07. The highest BCUT2D eigenvalue weighted by Crippen LogP contribution is 2.81. The van der Waals surface area contributed by atoms with Crippen LogP contribution >= 0.6 is 0 Å². The Morgan fingerprint density at radius 3 is 2.52 bits per heavy atom. The Hall–Kier alpha value is -1.88. The van der Waals surface area contributed by atoms with Gasteiger partial charge < -0.3 is 14.3 Å². The summed E-state index contributed by atoms with van der Waals surface area (Å²) in [6, 6.07) is 2.04. The zero-order valence-electron chi connectivity index (χ0n) is 19.1. The van der Waals surface area contributed by atoms with Gasteiger partial charge in [0.05, 0.1) is 24.0 Å². The van der Waals surface area contributed by atoms with Crippen LogP contribution in [0.5, 0.6) is 0 Å². The summed E-state index contributed by atoms with van der Waals surface area (Å²) >= 11 is 0. The number of fused-ring (bicyclic) bond motifs is 3. The number of carbonyl (C=O) groups is 2. The van der Waals surface area contributed by atoms with Crippen molar-refractivity contribution in [3.63, 3.8) is 0 Å². The molecule has 0 aromatic carbocycles. The maximum absolute atomic E-state index is 14.1. The number of epoxide rings is 1. The van der Waals surface area contributed by atoms with Gasteiger partial charge in [-0.05, 0) is 80.9 Å². The molecule has 4 fully saturated rings. The van der Waals surface area contributed by atoms with Gasteiger partial charge in [-0.1, -0.05) is 13.8 Å². The van der Waals surface area contributed by atoms with Crippen LogP contribution in [0.2, 0.25) is 0 Å². The van der Waals surface area contributed by atoms with Crippen LogP contribution in [-0.4, -0.2) is 28.4 Å². The van der Waals surface area contributed by atoms with Crippen molar-refractivity contribution in [2.45, 2.75) is 84.3 Å². The van der Waals surface area contributed by atoms with Gasteiger partial charge in [-0.2, -0.15) is 0 Å². The van der Waals surface area contributed by atoms with Gasteiger partial charge in [0.1, 0.15) is 11.4 Å². The first-order valence-corrected chi connectivity index (χ1v) is 11.7. The molecule has 1 aromatic rings. The van der Waals surface area contributed by atoms with Crippen LogP contribution in [0.3, 0.4) is 0 Å². The van der Waals surface area contributed by atoms with Gasteiger partial charge >= 0.3 is 0 Å². The highest BCUT2D eigenvalue weighted by Gasteiger charge is 2.87. The predicted octanol–water partition coefficient (Wildman–Crippen LogP) is 5.12. The topological polar surface area (TPSA) is 80.0 Å². The maximum Gasteiger partial charge on any atom is 0.206 e. The average molecular weight is 425 g/mol. The fourth-order valence-corrected chi connectivity index (χ4v) is 9.24. The van der Waals surface area contributed by atoms with Crippen LogP contribution in [-0.2, 0) is 14.3 Å². The smallest absolute Gasteiger partial charge is 0.206 e. The Morgan fingerprint density at radius 2 is 1.84 bits per heavy atom. The maximum atomic E-state index is 14.1. The van der Waals surface area contributed by atoms with Crippen LogP contribution in [0.25, 0.3) is 0 Å². The third-order valence-corrected chi connectivity index (χ3v) is 10.6. The molecule has 1 N–H and O–H groups in total. The van der Waals surface area contributed by atoms with Crippen molar-refractivity contribution in [2.75, 3.05) is 0 Å². The molecular weight excluding hydrogens is 392 g/mol. The minimum Gasteiger partial charge on any atom is -0.504 e. The summed E-state index contributed by atoms with van der Waals surface area (Å²) in [6.45, 7) is 10.3. The molecule has 2 heterocycles. The Bertz CT molecular complexity index is 1050. The lowest BCUT2D eigenvalue weighted by Gasteiger charge is -2.63. The monoisotopic (exact) mass is 424 g/mol. The summed E-state index contributed by atoms with van der Waals surface area (Å²) in [7, 11) is 0. The van der Waals surface area contributed by atoms with E-state index in [0.29, 0.717) is 18.4 Å². The Morgan fingerprint density at radius 1 is 1.10 bits per heavy atom. The van der Waals surface area contributed by atoms with E-state index in [0.717, 1.165) is 19.3 Å². The number of allylic oxidation sites excluding steroid dienone is 2. The molecule has 5 nitrogen and oxygen atoms in total. The van der Waals surface area contributed by atoms with E-state index in [4.69, 9.17) is 9.15 Å². The number of hydrogen-bond donors (Lipinski definition) is 1. The van der Waals surface area contributed by atoms with Crippen molar-refractivity contribution < 1.29 is 23.8 Å². The largest absolute Gasteiger partial charge is 0.504 e. The van der Waals surface area contributed by atoms with E-state index in [9.17, 15) is 14.7 Å². The molecule has 31 heavy (non-hydrogen) atoms. The Labute approximate surface area is 183 Å². The first-order valence-electron chi connectivity index (χ1n) is 11.7. The molecule has 3 saturated carbocycles. The molecular formula is C26H32O5. The third kappa shape index (κ3) is 1.84. The zero-order chi connectivity index (χ0) is 22.2. The Kier molecular flexibility index (Phi) is 3.42. The van der Waals surface area contributed by atoms with Crippen LogP contribution in [0.1, 0.15) is 78.2 Å². The SMILES string of the molecule is CC1(C)C(=O)CC[C@@]2(C)C1=C(O)C(=O)[C@]1(C)[C@H]2CC[C@@]2(C)[C@H](c3ccoc3)C[C@H]3O[C@]321. The van der Waals surface area contributed by atoms with E-state index in [1.54, 1.807) is 6.26 Å². The Balaban J connectivity index is 1.55. The number of carbonyl (C=O) groups excluding carboxylic acids is 2. The summed E-state index contributed by atoms with van der Waals surface area (Å²) in [5.41, 5.74) is -0.922. The minimum atomic E-state index is -0.814. The van der Waals surface area contributed by atoms with Crippen molar-refractivity contribution in [1.82, 2.24) is 0 Å². The van der Waals surface area contributed by atoms with E-state index < -0.39 is 16.4 Å². The molecule has 1 saturated heterocycles. The van der Waals surface area contributed by atoms with Gasteiger partial charge in [0.25, 0.3) is 0 Å². The second kappa shape index (κ2) is 5.36. The number of ether oxygens (including phenoxy) is 1. The van der Waals surface area contributed by atoms with Crippen molar-refractivity contribution in [1.29, 1.82) is 0 Å². The second-order valence-electron chi connectivity index (χ2n) is 11.9. The molecule has 1 spiro atoms. The highest BCUT2D eigenvalue weighted by molar-refractivity contribution is 6.04. The minimum absolute atomic E-state index is 0.0188. The van der Waals surface area contributed by atoms with Crippen molar-refractivity contribution in [2.24, 2.45) is 27.6 Å². The summed E-state index contributed by atoms with van der Waals surface area (Å²) < 4.78 is 11.9. The lowest BCUT2D eigenvalue weighted by atomic mass is 9.38. The van der Waals surface area contributed by atoms with E-state index >= 15 is 0 Å². The molecule has 6 rings (SSSR count). The van der Waals surface area contributed by atoms with E-state index in [2.05, 4.69) is 20.8 Å². The fourth-order valence-electron chi connectivity index (χ4n) is 9.24. The van der Waals surface area contributed by atoms with Gasteiger partial charge in [0.2, 0.25) is 5.78 Å². The molecule has 1 aromatic heterocycles. The van der Waals surface area contributed by atoms with Crippen molar-refractivity contribution >= 4 is 11.6 Å². The predicted molar refractivity (Wildman–Crippen MR) is 113 cm³/mol. The summed E-state index contributed by atoms with van der Waals surface area (Å²) in [6.07, 6.45) is 7.48. The molecule has 166 valence electrons. The quantitative estimate of drug-likeness (QED) is 0.633. The van der Waals surface area contributed by atoms with Gasteiger partial charge in [-0.25, -0.2) is 0 Å². The summed E-state index contributed by atoms with van der Waals surface area (Å²) in [5.74, 6) is 0.0587. The number of hydrogen-bond acceptors (Lipinski definition) is 5. The molecule has 0 unspecified atom stereocenters. The summed E-state index contributed by atoms with van der Waals surface area (Å²) in [4.78, 5) is 26.9. The standard InChI is InChI=1S/C26H32O5/c1-22(2)17(27)7-9-23(3)16-6-10-24(4)15(14-8-11-30-13-14)12-18-26(24,31-18)25(16,5)21(29)19(28)20(22)23/h8,11,13,15-16,18,28H,6-7,9-10,12H2,1-5H3/t15-,16-,18+,23+,24-,25-,26+/m0/s1. The molecule has 5 heteroatoms. The molecule has 4 aliphatic carbocycles. The van der Waals surface area contributed by atoms with Crippen LogP contribution < -0.4 is 0 Å². The van der Waals surface area contributed by atoms with Crippen LogP contribution in [0, 0.1) is 27.6 Å². The molecule has 0 radical (unpaired) electrons. The van der Waals surface area contributed by atoms with Gasteiger partial charge in [-0.15, -0.1) is 0 Å². The van der Waals surface area contributed by atoms with Crippen LogP contribution in [0.15, 0.2) is 34.3 Å². The molecule has 1 aliphatic heterocycles. The van der Waals surface area contributed by atoms with E-state index in [1.807, 2.05) is 26.2 Å². The van der Waals surface area contributed by atoms with E-state index in [-0.39, 0.29) is 46.1 Å². The zero-order valence-corrected chi connectivity index (χ0v) is 19.1. The molecule has 0 bridgehead atoms. The molecule has 0 amide bonds. The van der Waals surface area contributed by atoms with E-state index in [1.165, 1.54) is 5.56 Å². The number of aliphatic hydroxyl groups is 1. The molecule has 7 atom stereocenters. The number of rotatable bonds is 1. The van der Waals surface area contributed by atoms with Gasteiger partial charge in [0, 0.05) is 17.3 Å². The van der Waals surface area contributed by atoms with Crippen molar-refractivity contribution in [3.8, 4) is 0 Å². The fraction of sp³-hybridized carbons (Fsp3) is 0.692. The van der Waals surface area contributed by atoms with Gasteiger partial charge in [0.15, 0.2) is 5.76 Å². The molecule has 5 aliphatic rings. The lowest BCUT2D eigenvalue weighted by Crippen LogP contribution is -2.67. The number of aliphatic hydroxyl groups excluding tert-OH is 1. The second-order valence-corrected chi connectivity index (χ2v) is 11.9. The lowest BCUT2D eigenvalue weighted by molar-refractivity contribution is -0.168. The first-order chi connectivity index (χ1) is 14.5. The number of Topliss-reactive ketones (excluding diaryl/α,β-unsaturated/α-hetero) is 2. The van der Waals surface area contributed by atoms with Crippen LogP contribution in [0.4, 0.5) is 0 Å². The number of furan rings is 1. The highest BCUT2D eigenvalue weighted by atomic mass is 16.6.